The highest BCUT2D eigenvalue weighted by Crippen LogP contribution is 2.24. The Hall–Kier alpha value is -1.30. The highest BCUT2D eigenvalue weighted by molar-refractivity contribution is 5.74. The maximum atomic E-state index is 12.3. The molecule has 1 aliphatic rings. The van der Waals surface area contributed by atoms with Crippen LogP contribution in [-0.4, -0.2) is 51.8 Å². The molecule has 1 saturated carbocycles. The first-order chi connectivity index (χ1) is 9.73. The average molecular weight is 300 g/mol. The van der Waals surface area contributed by atoms with Crippen LogP contribution in [0, 0.1) is 5.92 Å². The molecular formula is C15H28N2O4. The molecule has 1 fully saturated rings. The van der Waals surface area contributed by atoms with Crippen LogP contribution in [0.5, 0.6) is 0 Å². The Balaban J connectivity index is 2.48. The first kappa shape index (κ1) is 17.8. The zero-order valence-corrected chi connectivity index (χ0v) is 13.3. The van der Waals surface area contributed by atoms with E-state index in [4.69, 9.17) is 5.11 Å². The number of nitrogens with one attached hydrogen (secondary N) is 1. The van der Waals surface area contributed by atoms with Crippen LogP contribution in [-0.2, 0) is 4.79 Å². The van der Waals surface area contributed by atoms with E-state index < -0.39 is 11.6 Å². The minimum absolute atomic E-state index is 0.0364. The van der Waals surface area contributed by atoms with Gasteiger partial charge in [-0.25, -0.2) is 4.79 Å². The van der Waals surface area contributed by atoms with Crippen LogP contribution in [0.25, 0.3) is 0 Å². The fourth-order valence-corrected chi connectivity index (χ4v) is 2.74. The van der Waals surface area contributed by atoms with Crippen LogP contribution in [0.2, 0.25) is 0 Å². The van der Waals surface area contributed by atoms with Gasteiger partial charge in [0.15, 0.2) is 0 Å². The first-order valence-corrected chi connectivity index (χ1v) is 7.73. The number of aliphatic carboxylic acids is 1. The predicted octanol–water partition coefficient (Wildman–Crippen LogP) is 1.82. The number of amides is 2. The van der Waals surface area contributed by atoms with Crippen molar-refractivity contribution in [2.45, 2.75) is 64.5 Å². The van der Waals surface area contributed by atoms with Crippen LogP contribution < -0.4 is 5.32 Å². The lowest BCUT2D eigenvalue weighted by Crippen LogP contribution is -2.50. The summed E-state index contributed by atoms with van der Waals surface area (Å²) in [5, 5.41) is 21.8. The van der Waals surface area contributed by atoms with Crippen molar-refractivity contribution in [3.05, 3.63) is 0 Å². The molecule has 0 aromatic heterocycles. The van der Waals surface area contributed by atoms with E-state index in [-0.39, 0.29) is 24.5 Å². The maximum absolute atomic E-state index is 12.3. The molecule has 0 saturated heterocycles. The van der Waals surface area contributed by atoms with Gasteiger partial charge in [-0.15, -0.1) is 0 Å². The lowest BCUT2D eigenvalue weighted by molar-refractivity contribution is -0.142. The van der Waals surface area contributed by atoms with Crippen LogP contribution in [0.3, 0.4) is 0 Å². The Morgan fingerprint density at radius 3 is 2.24 bits per heavy atom. The minimum atomic E-state index is -0.923. The van der Waals surface area contributed by atoms with Gasteiger partial charge in [0.05, 0.1) is 18.1 Å². The smallest absolute Gasteiger partial charge is 0.317 e. The van der Waals surface area contributed by atoms with Crippen molar-refractivity contribution >= 4 is 12.0 Å². The highest BCUT2D eigenvalue weighted by Gasteiger charge is 2.28. The quantitative estimate of drug-likeness (QED) is 0.698. The summed E-state index contributed by atoms with van der Waals surface area (Å²) < 4.78 is 0. The highest BCUT2D eigenvalue weighted by atomic mass is 16.4. The molecular weight excluding hydrogens is 272 g/mol. The minimum Gasteiger partial charge on any atom is -0.481 e. The average Bonchev–Trinajstić information content (AvgIpc) is 2.37. The van der Waals surface area contributed by atoms with Crippen molar-refractivity contribution in [2.24, 2.45) is 5.92 Å². The van der Waals surface area contributed by atoms with Crippen LogP contribution >= 0.6 is 0 Å². The third-order valence-corrected chi connectivity index (χ3v) is 3.76. The fraction of sp³-hybridized carbons (Fsp3) is 0.867. The number of carbonyl (C=O) groups excluding carboxylic acids is 1. The van der Waals surface area contributed by atoms with Gasteiger partial charge in [-0.3, -0.25) is 4.79 Å². The van der Waals surface area contributed by atoms with Crippen molar-refractivity contribution in [1.82, 2.24) is 10.2 Å². The molecule has 0 unspecified atom stereocenters. The van der Waals surface area contributed by atoms with Gasteiger partial charge in [0.2, 0.25) is 0 Å². The fourth-order valence-electron chi connectivity index (χ4n) is 2.74. The SMILES string of the molecule is CCCN(CC(C)(C)O)C(=O)NC1CCC(C(=O)O)CC1. The Labute approximate surface area is 126 Å². The number of carboxylic acids is 1. The summed E-state index contributed by atoms with van der Waals surface area (Å²) >= 11 is 0. The zero-order chi connectivity index (χ0) is 16.0. The molecule has 0 aliphatic heterocycles. The van der Waals surface area contributed by atoms with E-state index in [1.54, 1.807) is 18.7 Å². The van der Waals surface area contributed by atoms with E-state index in [0.29, 0.717) is 32.2 Å². The van der Waals surface area contributed by atoms with Gasteiger partial charge >= 0.3 is 12.0 Å². The van der Waals surface area contributed by atoms with Gasteiger partial charge < -0.3 is 20.4 Å². The molecule has 6 nitrogen and oxygen atoms in total. The Morgan fingerprint density at radius 1 is 1.24 bits per heavy atom. The molecule has 6 heteroatoms. The number of carbonyl (C=O) groups is 2. The number of urea groups is 1. The molecule has 0 bridgehead atoms. The number of rotatable bonds is 6. The van der Waals surface area contributed by atoms with Crippen LogP contribution in [0.1, 0.15) is 52.9 Å². The van der Waals surface area contributed by atoms with E-state index >= 15 is 0 Å². The van der Waals surface area contributed by atoms with Gasteiger partial charge in [0.1, 0.15) is 0 Å². The first-order valence-electron chi connectivity index (χ1n) is 7.73. The summed E-state index contributed by atoms with van der Waals surface area (Å²) in [6.45, 7) is 6.24. The molecule has 0 aromatic rings. The Morgan fingerprint density at radius 2 is 1.81 bits per heavy atom. The molecule has 0 radical (unpaired) electrons. The number of nitrogens with zero attached hydrogens (tertiary/aromatic N) is 1. The molecule has 0 heterocycles. The van der Waals surface area contributed by atoms with E-state index in [0.717, 1.165) is 6.42 Å². The van der Waals surface area contributed by atoms with Gasteiger partial charge in [0, 0.05) is 12.6 Å². The van der Waals surface area contributed by atoms with Gasteiger partial charge in [-0.1, -0.05) is 6.92 Å². The number of aliphatic hydroxyl groups is 1. The summed E-state index contributed by atoms with van der Waals surface area (Å²) in [6.07, 6.45) is 3.45. The van der Waals surface area contributed by atoms with E-state index in [9.17, 15) is 14.7 Å². The third-order valence-electron chi connectivity index (χ3n) is 3.76. The Kier molecular flexibility index (Phi) is 6.45. The number of carboxylic acid groups (broad SMARTS) is 1. The van der Waals surface area contributed by atoms with Crippen molar-refractivity contribution < 1.29 is 19.8 Å². The second-order valence-corrected chi connectivity index (χ2v) is 6.57. The second-order valence-electron chi connectivity index (χ2n) is 6.57. The molecule has 0 atom stereocenters. The van der Waals surface area contributed by atoms with Crippen molar-refractivity contribution in [1.29, 1.82) is 0 Å². The van der Waals surface area contributed by atoms with E-state index in [1.165, 1.54) is 0 Å². The van der Waals surface area contributed by atoms with Crippen molar-refractivity contribution in [3.8, 4) is 0 Å². The third kappa shape index (κ3) is 6.33. The lowest BCUT2D eigenvalue weighted by Gasteiger charge is -2.32. The maximum Gasteiger partial charge on any atom is 0.317 e. The summed E-state index contributed by atoms with van der Waals surface area (Å²) in [6, 6.07) is -0.132. The summed E-state index contributed by atoms with van der Waals surface area (Å²) in [4.78, 5) is 24.8. The predicted molar refractivity (Wildman–Crippen MR) is 80.1 cm³/mol. The summed E-state index contributed by atoms with van der Waals surface area (Å²) in [5.41, 5.74) is -0.923. The molecule has 0 spiro atoms. The molecule has 21 heavy (non-hydrogen) atoms. The van der Waals surface area contributed by atoms with E-state index in [2.05, 4.69) is 5.32 Å². The Bertz CT molecular complexity index is 357. The van der Waals surface area contributed by atoms with Crippen molar-refractivity contribution in [2.75, 3.05) is 13.1 Å². The van der Waals surface area contributed by atoms with Gasteiger partial charge in [-0.05, 0) is 46.0 Å². The zero-order valence-electron chi connectivity index (χ0n) is 13.3. The van der Waals surface area contributed by atoms with Crippen LogP contribution in [0.4, 0.5) is 4.79 Å². The molecule has 0 aromatic carbocycles. The van der Waals surface area contributed by atoms with Gasteiger partial charge in [0.25, 0.3) is 0 Å². The van der Waals surface area contributed by atoms with Crippen LogP contribution in [0.15, 0.2) is 0 Å². The largest absolute Gasteiger partial charge is 0.481 e. The normalized spacial score (nSPS) is 22.7. The van der Waals surface area contributed by atoms with Gasteiger partial charge in [-0.2, -0.15) is 0 Å². The number of hydrogen-bond donors (Lipinski definition) is 3. The molecule has 3 N–H and O–H groups in total. The topological polar surface area (TPSA) is 89.9 Å². The standard InChI is InChI=1S/C15H28N2O4/c1-4-9-17(10-15(2,3)21)14(20)16-12-7-5-11(6-8-12)13(18)19/h11-12,21H,4-10H2,1-3H3,(H,16,20)(H,18,19). The summed E-state index contributed by atoms with van der Waals surface area (Å²) in [5.74, 6) is -1.02. The number of hydrogen-bond acceptors (Lipinski definition) is 3. The lowest BCUT2D eigenvalue weighted by atomic mass is 9.86. The summed E-state index contributed by atoms with van der Waals surface area (Å²) in [7, 11) is 0. The molecule has 2 amide bonds. The van der Waals surface area contributed by atoms with E-state index in [1.807, 2.05) is 6.92 Å². The molecule has 1 rings (SSSR count). The molecule has 1 aliphatic carbocycles. The monoisotopic (exact) mass is 300 g/mol. The molecule has 122 valence electrons. The van der Waals surface area contributed by atoms with Crippen molar-refractivity contribution in [3.63, 3.8) is 0 Å². The second kappa shape index (κ2) is 7.64.